The molecule has 38 heavy (non-hydrogen) atoms. The summed E-state index contributed by atoms with van der Waals surface area (Å²) in [5.74, 6) is -7.34. The predicted molar refractivity (Wildman–Crippen MR) is 133 cm³/mol. The van der Waals surface area contributed by atoms with E-state index in [1.807, 2.05) is 0 Å². The highest BCUT2D eigenvalue weighted by atomic mass is 19.3. The summed E-state index contributed by atoms with van der Waals surface area (Å²) in [7, 11) is 0. The maximum Gasteiger partial charge on any atom is 0.374 e. The molecule has 0 saturated carbocycles. The lowest BCUT2D eigenvalue weighted by Crippen LogP contribution is -2.28. The first-order valence-electron chi connectivity index (χ1n) is 11.8. The smallest absolute Gasteiger partial charge is 0.374 e. The van der Waals surface area contributed by atoms with E-state index in [0.717, 1.165) is 0 Å². The number of amides is 1. The first kappa shape index (κ1) is 26.7. The largest absolute Gasteiger partial charge is 0.477 e. The molecule has 0 saturated heterocycles. The van der Waals surface area contributed by atoms with Gasteiger partial charge in [0.15, 0.2) is 0 Å². The van der Waals surface area contributed by atoms with Crippen LogP contribution in [0.2, 0.25) is 0 Å². The summed E-state index contributed by atoms with van der Waals surface area (Å²) < 4.78 is 53.9. The molecule has 0 fully saturated rings. The Morgan fingerprint density at radius 3 is 2.18 bits per heavy atom. The summed E-state index contributed by atoms with van der Waals surface area (Å²) >= 11 is 0. The van der Waals surface area contributed by atoms with Crippen molar-refractivity contribution in [2.45, 2.75) is 38.2 Å². The van der Waals surface area contributed by atoms with E-state index in [9.17, 15) is 27.2 Å². The van der Waals surface area contributed by atoms with E-state index >= 15 is 0 Å². The molecule has 196 valence electrons. The van der Waals surface area contributed by atoms with Crippen LogP contribution in [0.1, 0.15) is 47.4 Å². The van der Waals surface area contributed by atoms with E-state index in [0.29, 0.717) is 33.5 Å². The fraction of sp³-hybridized carbons (Fsp3) is 0.214. The third-order valence-corrected chi connectivity index (χ3v) is 6.05. The van der Waals surface area contributed by atoms with Crippen molar-refractivity contribution in [1.82, 2.24) is 15.3 Å². The molecular formula is C28H23F4N3O3. The molecule has 10 heteroatoms. The molecular weight excluding hydrogens is 502 g/mol. The number of nitrogens with zero attached hydrogens (tertiary/aromatic N) is 2. The van der Waals surface area contributed by atoms with Crippen molar-refractivity contribution in [2.75, 3.05) is 0 Å². The molecule has 3 aromatic carbocycles. The molecule has 0 aliphatic heterocycles. The molecule has 1 aromatic heterocycles. The fourth-order valence-corrected chi connectivity index (χ4v) is 3.94. The van der Waals surface area contributed by atoms with E-state index in [2.05, 4.69) is 15.3 Å². The Morgan fingerprint density at radius 1 is 0.921 bits per heavy atom. The summed E-state index contributed by atoms with van der Waals surface area (Å²) in [6, 6.07) is 15.5. The predicted octanol–water partition coefficient (Wildman–Crippen LogP) is 6.11. The van der Waals surface area contributed by atoms with Crippen LogP contribution in [0.5, 0.6) is 0 Å². The quantitative estimate of drug-likeness (QED) is 0.257. The van der Waals surface area contributed by atoms with Gasteiger partial charge in [-0.1, -0.05) is 12.1 Å². The van der Waals surface area contributed by atoms with Crippen LogP contribution in [0.3, 0.4) is 0 Å². The standard InChI is InChI=1S/C28H23F4N3O3/c1-16(17-4-9-20(29)10-5-17)33-26(36)19-8-13-22-24(15-19)34-23(3-2-14-28(31,32)27(37)38)25(35-22)18-6-11-21(30)12-7-18/h4-13,15-16H,2-3,14H2,1H3,(H,33,36)(H,37,38)/t16-/m1/s1. The number of alkyl halides is 2. The number of aliphatic carboxylic acids is 1. The van der Waals surface area contributed by atoms with Crippen LogP contribution >= 0.6 is 0 Å². The number of rotatable bonds is 9. The number of carboxylic acid groups (broad SMARTS) is 1. The molecule has 1 amide bonds. The highest BCUT2D eigenvalue weighted by molar-refractivity contribution is 5.97. The molecule has 4 aromatic rings. The number of nitrogens with one attached hydrogen (secondary N) is 1. The van der Waals surface area contributed by atoms with Crippen molar-refractivity contribution >= 4 is 22.9 Å². The van der Waals surface area contributed by atoms with E-state index in [1.54, 1.807) is 31.2 Å². The average molecular weight is 526 g/mol. The molecule has 4 rings (SSSR count). The van der Waals surface area contributed by atoms with E-state index in [-0.39, 0.29) is 24.2 Å². The topological polar surface area (TPSA) is 92.2 Å². The van der Waals surface area contributed by atoms with Gasteiger partial charge in [-0.3, -0.25) is 4.79 Å². The number of fused-ring (bicyclic) bond motifs is 1. The van der Waals surface area contributed by atoms with Crippen molar-refractivity contribution in [2.24, 2.45) is 0 Å². The van der Waals surface area contributed by atoms with Crippen LogP contribution in [-0.4, -0.2) is 32.9 Å². The molecule has 1 atom stereocenters. The minimum Gasteiger partial charge on any atom is -0.477 e. The van der Waals surface area contributed by atoms with E-state index < -0.39 is 36.1 Å². The molecule has 0 aliphatic rings. The number of halogens is 4. The molecule has 0 unspecified atom stereocenters. The summed E-state index contributed by atoms with van der Waals surface area (Å²) in [6.07, 6.45) is -1.10. The normalized spacial score (nSPS) is 12.3. The average Bonchev–Trinajstić information content (AvgIpc) is 2.88. The third kappa shape index (κ3) is 6.13. The molecule has 0 spiro atoms. The highest BCUT2D eigenvalue weighted by Crippen LogP contribution is 2.28. The van der Waals surface area contributed by atoms with Gasteiger partial charge < -0.3 is 10.4 Å². The molecule has 0 aliphatic carbocycles. The van der Waals surface area contributed by atoms with Crippen LogP contribution in [0.15, 0.2) is 66.7 Å². The number of aromatic nitrogens is 2. The molecule has 1 heterocycles. The maximum atomic E-state index is 13.6. The Bertz CT molecular complexity index is 1480. The fourth-order valence-electron chi connectivity index (χ4n) is 3.94. The van der Waals surface area contributed by atoms with Crippen LogP contribution in [0.25, 0.3) is 22.3 Å². The van der Waals surface area contributed by atoms with Gasteiger partial charge in [0.25, 0.3) is 5.91 Å². The third-order valence-electron chi connectivity index (χ3n) is 6.05. The van der Waals surface area contributed by atoms with Gasteiger partial charge in [0.2, 0.25) is 0 Å². The number of carbonyl (C=O) groups is 2. The lowest BCUT2D eigenvalue weighted by atomic mass is 10.0. The zero-order valence-corrected chi connectivity index (χ0v) is 20.2. The number of hydrogen-bond donors (Lipinski definition) is 2. The zero-order valence-electron chi connectivity index (χ0n) is 20.2. The number of hydrogen-bond acceptors (Lipinski definition) is 4. The van der Waals surface area contributed by atoms with Crippen molar-refractivity contribution in [3.63, 3.8) is 0 Å². The van der Waals surface area contributed by atoms with Gasteiger partial charge in [-0.15, -0.1) is 0 Å². The van der Waals surface area contributed by atoms with Crippen LogP contribution in [-0.2, 0) is 11.2 Å². The van der Waals surface area contributed by atoms with Crippen LogP contribution in [0.4, 0.5) is 17.6 Å². The zero-order chi connectivity index (χ0) is 27.4. The van der Waals surface area contributed by atoms with Crippen molar-refractivity contribution in [3.8, 4) is 11.3 Å². The second kappa shape index (κ2) is 11.0. The Morgan fingerprint density at radius 2 is 1.55 bits per heavy atom. The summed E-state index contributed by atoms with van der Waals surface area (Å²) in [4.78, 5) is 32.8. The van der Waals surface area contributed by atoms with Crippen LogP contribution < -0.4 is 5.32 Å². The second-order valence-corrected chi connectivity index (χ2v) is 8.84. The van der Waals surface area contributed by atoms with Crippen molar-refractivity contribution in [1.29, 1.82) is 0 Å². The molecule has 2 N–H and O–H groups in total. The number of carbonyl (C=O) groups excluding carboxylic acids is 1. The Hall–Kier alpha value is -4.34. The lowest BCUT2D eigenvalue weighted by Gasteiger charge is -2.15. The van der Waals surface area contributed by atoms with E-state index in [4.69, 9.17) is 5.11 Å². The molecule has 6 nitrogen and oxygen atoms in total. The van der Waals surface area contributed by atoms with Gasteiger partial charge in [-0.25, -0.2) is 23.5 Å². The lowest BCUT2D eigenvalue weighted by molar-refractivity contribution is -0.165. The number of benzene rings is 3. The van der Waals surface area contributed by atoms with Gasteiger partial charge in [0.1, 0.15) is 11.6 Å². The van der Waals surface area contributed by atoms with Gasteiger partial charge in [0, 0.05) is 17.5 Å². The second-order valence-electron chi connectivity index (χ2n) is 8.84. The van der Waals surface area contributed by atoms with Gasteiger partial charge in [-0.2, -0.15) is 8.78 Å². The Balaban J connectivity index is 1.64. The van der Waals surface area contributed by atoms with Gasteiger partial charge in [0.05, 0.1) is 28.5 Å². The minimum absolute atomic E-state index is 0.0173. The van der Waals surface area contributed by atoms with E-state index in [1.165, 1.54) is 42.5 Å². The highest BCUT2D eigenvalue weighted by Gasteiger charge is 2.37. The number of aryl methyl sites for hydroxylation is 1. The molecule has 0 bridgehead atoms. The maximum absolute atomic E-state index is 13.6. The minimum atomic E-state index is -3.88. The molecule has 0 radical (unpaired) electrons. The van der Waals surface area contributed by atoms with Crippen molar-refractivity contribution < 1.29 is 32.3 Å². The Labute approximate surface area is 215 Å². The monoisotopic (exact) mass is 525 g/mol. The SMILES string of the molecule is C[C@@H](NC(=O)c1ccc2nc(-c3ccc(F)cc3)c(CCCC(F)(F)C(=O)O)nc2c1)c1ccc(F)cc1. The van der Waals surface area contributed by atoms with Gasteiger partial charge >= 0.3 is 11.9 Å². The first-order chi connectivity index (χ1) is 18.0. The summed E-state index contributed by atoms with van der Waals surface area (Å²) in [5.41, 5.74) is 2.91. The summed E-state index contributed by atoms with van der Waals surface area (Å²) in [5, 5.41) is 11.5. The van der Waals surface area contributed by atoms with Gasteiger partial charge in [-0.05, 0) is 79.9 Å². The number of carboxylic acids is 1. The first-order valence-corrected chi connectivity index (χ1v) is 11.8. The van der Waals surface area contributed by atoms with Crippen molar-refractivity contribution in [3.05, 3.63) is 95.2 Å². The Kier molecular flexibility index (Phi) is 7.70. The van der Waals surface area contributed by atoms with Crippen LogP contribution in [0, 0.1) is 11.6 Å². The summed E-state index contributed by atoms with van der Waals surface area (Å²) in [6.45, 7) is 1.76.